The molecular weight excluding hydrogens is 272 g/mol. The van der Waals surface area contributed by atoms with Crippen LogP contribution in [0.4, 0.5) is 10.8 Å². The number of hydrogen-bond donors (Lipinski definition) is 1. The highest BCUT2D eigenvalue weighted by Crippen LogP contribution is 2.28. The van der Waals surface area contributed by atoms with Crippen LogP contribution in [0.5, 0.6) is 0 Å². The van der Waals surface area contributed by atoms with Gasteiger partial charge in [-0.05, 0) is 25.0 Å². The molecular formula is C15H16N2O2S. The van der Waals surface area contributed by atoms with Gasteiger partial charge in [-0.25, -0.2) is 4.98 Å². The number of carbonyl (C=O) groups excluding carboxylic acids is 1. The minimum absolute atomic E-state index is 0.0816. The molecule has 5 heteroatoms. The Morgan fingerprint density at radius 3 is 2.85 bits per heavy atom. The zero-order chi connectivity index (χ0) is 13.8. The summed E-state index contributed by atoms with van der Waals surface area (Å²) in [5.41, 5.74) is 1.79. The summed E-state index contributed by atoms with van der Waals surface area (Å²) in [4.78, 5) is 16.0. The van der Waals surface area contributed by atoms with E-state index in [9.17, 15) is 4.79 Å². The fourth-order valence-corrected chi connectivity index (χ4v) is 2.70. The number of nitrogens with zero attached hydrogens (tertiary/aromatic N) is 1. The van der Waals surface area contributed by atoms with Gasteiger partial charge in [-0.2, -0.15) is 0 Å². The molecule has 20 heavy (non-hydrogen) atoms. The molecule has 0 saturated heterocycles. The average Bonchev–Trinajstić information content (AvgIpc) is 2.83. The van der Waals surface area contributed by atoms with Gasteiger partial charge in [0.15, 0.2) is 5.13 Å². The Balaban J connectivity index is 1.52. The Morgan fingerprint density at radius 1 is 1.35 bits per heavy atom. The van der Waals surface area contributed by atoms with Crippen molar-refractivity contribution in [1.82, 2.24) is 4.98 Å². The predicted molar refractivity (Wildman–Crippen MR) is 79.0 cm³/mol. The van der Waals surface area contributed by atoms with Crippen LogP contribution in [0.15, 0.2) is 35.7 Å². The van der Waals surface area contributed by atoms with E-state index in [1.165, 1.54) is 11.3 Å². The van der Waals surface area contributed by atoms with Gasteiger partial charge in [0.2, 0.25) is 0 Å². The zero-order valence-corrected chi connectivity index (χ0v) is 11.9. The van der Waals surface area contributed by atoms with E-state index in [1.54, 1.807) is 0 Å². The lowest BCUT2D eigenvalue weighted by Crippen LogP contribution is -2.23. The quantitative estimate of drug-likeness (QED) is 0.852. The Hall–Kier alpha value is -1.88. The van der Waals surface area contributed by atoms with Crippen LogP contribution < -0.4 is 5.32 Å². The van der Waals surface area contributed by atoms with Gasteiger partial charge in [0.05, 0.1) is 11.6 Å². The van der Waals surface area contributed by atoms with Crippen molar-refractivity contribution in [2.45, 2.75) is 25.9 Å². The number of para-hydroxylation sites is 1. The number of rotatable bonds is 5. The Kier molecular flexibility index (Phi) is 3.97. The van der Waals surface area contributed by atoms with E-state index in [0.29, 0.717) is 0 Å². The van der Waals surface area contributed by atoms with E-state index >= 15 is 0 Å². The van der Waals surface area contributed by atoms with Crippen molar-refractivity contribution in [3.8, 4) is 0 Å². The summed E-state index contributed by atoms with van der Waals surface area (Å²) in [7, 11) is 0. The molecule has 104 valence electrons. The number of benzene rings is 1. The van der Waals surface area contributed by atoms with E-state index in [0.717, 1.165) is 35.8 Å². The second kappa shape index (κ2) is 6.05. The molecule has 0 spiro atoms. The molecule has 2 aromatic rings. The molecule has 3 rings (SSSR count). The Morgan fingerprint density at radius 2 is 2.15 bits per heavy atom. The molecule has 0 bridgehead atoms. The van der Waals surface area contributed by atoms with Gasteiger partial charge in [0.25, 0.3) is 0 Å². The fraction of sp³-hybridized carbons (Fsp3) is 0.333. The molecule has 1 N–H and O–H groups in total. The maximum Gasteiger partial charge on any atom is 0.309 e. The molecule has 1 saturated carbocycles. The van der Waals surface area contributed by atoms with Crippen LogP contribution in [0.1, 0.15) is 25.0 Å². The third kappa shape index (κ3) is 3.17. The summed E-state index contributed by atoms with van der Waals surface area (Å²) < 4.78 is 5.27. The minimum atomic E-state index is -0.0816. The maximum atomic E-state index is 11.6. The number of anilines is 2. The molecule has 0 aliphatic heterocycles. The van der Waals surface area contributed by atoms with Gasteiger partial charge in [-0.15, -0.1) is 11.3 Å². The second-order valence-corrected chi connectivity index (χ2v) is 5.73. The summed E-state index contributed by atoms with van der Waals surface area (Å²) in [5, 5.41) is 5.95. The summed E-state index contributed by atoms with van der Waals surface area (Å²) in [6.45, 7) is 0.266. The first kappa shape index (κ1) is 13.1. The zero-order valence-electron chi connectivity index (χ0n) is 11.0. The molecule has 1 heterocycles. The first-order chi connectivity index (χ1) is 9.81. The number of carbonyl (C=O) groups is 1. The summed E-state index contributed by atoms with van der Waals surface area (Å²) in [6, 6.07) is 9.88. The lowest BCUT2D eigenvalue weighted by molar-refractivity contribution is -0.152. The number of hydrogen-bond acceptors (Lipinski definition) is 5. The Bertz CT molecular complexity index is 579. The maximum absolute atomic E-state index is 11.6. The fourth-order valence-electron chi connectivity index (χ4n) is 1.98. The number of nitrogens with one attached hydrogen (secondary N) is 1. The largest absolute Gasteiger partial charge is 0.459 e. The van der Waals surface area contributed by atoms with E-state index in [2.05, 4.69) is 10.3 Å². The van der Waals surface area contributed by atoms with Crippen LogP contribution in [-0.2, 0) is 16.1 Å². The smallest absolute Gasteiger partial charge is 0.309 e. The van der Waals surface area contributed by atoms with Crippen molar-refractivity contribution in [2.75, 3.05) is 5.32 Å². The summed E-state index contributed by atoms with van der Waals surface area (Å²) in [6.07, 6.45) is 3.08. The van der Waals surface area contributed by atoms with Gasteiger partial charge in [0.1, 0.15) is 6.61 Å². The van der Waals surface area contributed by atoms with Crippen LogP contribution in [0, 0.1) is 5.92 Å². The lowest BCUT2D eigenvalue weighted by atomic mass is 9.86. The molecule has 0 atom stereocenters. The van der Waals surface area contributed by atoms with E-state index in [1.807, 2.05) is 35.7 Å². The SMILES string of the molecule is O=C(OCc1csc(Nc2ccccc2)n1)C1CCC1. The van der Waals surface area contributed by atoms with Crippen molar-refractivity contribution in [2.24, 2.45) is 5.92 Å². The highest BCUT2D eigenvalue weighted by molar-refractivity contribution is 7.13. The van der Waals surface area contributed by atoms with Crippen LogP contribution in [0.3, 0.4) is 0 Å². The molecule has 1 aliphatic carbocycles. The van der Waals surface area contributed by atoms with Gasteiger partial charge in [-0.3, -0.25) is 4.79 Å². The van der Waals surface area contributed by atoms with Crippen LogP contribution >= 0.6 is 11.3 Å². The molecule has 0 unspecified atom stereocenters. The van der Waals surface area contributed by atoms with Crippen LogP contribution in [-0.4, -0.2) is 11.0 Å². The molecule has 4 nitrogen and oxygen atoms in total. The van der Waals surface area contributed by atoms with Gasteiger partial charge in [0, 0.05) is 11.1 Å². The van der Waals surface area contributed by atoms with E-state index in [-0.39, 0.29) is 18.5 Å². The van der Waals surface area contributed by atoms with Crippen molar-refractivity contribution in [1.29, 1.82) is 0 Å². The number of esters is 1. The second-order valence-electron chi connectivity index (χ2n) is 4.87. The molecule has 0 radical (unpaired) electrons. The highest BCUT2D eigenvalue weighted by Gasteiger charge is 2.26. The van der Waals surface area contributed by atoms with Crippen molar-refractivity contribution in [3.05, 3.63) is 41.4 Å². The number of thiazole rings is 1. The van der Waals surface area contributed by atoms with Crippen molar-refractivity contribution < 1.29 is 9.53 Å². The first-order valence-electron chi connectivity index (χ1n) is 6.74. The van der Waals surface area contributed by atoms with Gasteiger partial charge in [-0.1, -0.05) is 24.6 Å². The van der Waals surface area contributed by atoms with Crippen molar-refractivity contribution in [3.63, 3.8) is 0 Å². The summed E-state index contributed by atoms with van der Waals surface area (Å²) >= 11 is 1.51. The van der Waals surface area contributed by atoms with Gasteiger partial charge < -0.3 is 10.1 Å². The number of aromatic nitrogens is 1. The van der Waals surface area contributed by atoms with Crippen LogP contribution in [0.25, 0.3) is 0 Å². The monoisotopic (exact) mass is 288 g/mol. The first-order valence-corrected chi connectivity index (χ1v) is 7.62. The average molecular weight is 288 g/mol. The molecule has 1 fully saturated rings. The normalized spacial score (nSPS) is 14.6. The van der Waals surface area contributed by atoms with Crippen LogP contribution in [0.2, 0.25) is 0 Å². The standard InChI is InChI=1S/C15H16N2O2S/c18-14(11-5-4-6-11)19-9-13-10-20-15(17-13)16-12-7-2-1-3-8-12/h1-3,7-8,10-11H,4-6,9H2,(H,16,17). The van der Waals surface area contributed by atoms with E-state index < -0.39 is 0 Å². The molecule has 1 aromatic carbocycles. The van der Waals surface area contributed by atoms with E-state index in [4.69, 9.17) is 4.74 Å². The molecule has 0 amide bonds. The van der Waals surface area contributed by atoms with Crippen molar-refractivity contribution >= 4 is 28.1 Å². The minimum Gasteiger partial charge on any atom is -0.459 e. The number of ether oxygens (including phenoxy) is 1. The predicted octanol–water partition coefficient (Wildman–Crippen LogP) is 3.73. The van der Waals surface area contributed by atoms with Gasteiger partial charge >= 0.3 is 5.97 Å². The summed E-state index contributed by atoms with van der Waals surface area (Å²) in [5.74, 6) is 0.0392. The topological polar surface area (TPSA) is 51.2 Å². The third-order valence-corrected chi connectivity index (χ3v) is 4.18. The Labute approximate surface area is 121 Å². The lowest BCUT2D eigenvalue weighted by Gasteiger charge is -2.22. The third-order valence-electron chi connectivity index (χ3n) is 3.38. The molecule has 1 aliphatic rings. The highest BCUT2D eigenvalue weighted by atomic mass is 32.1. The molecule has 1 aromatic heterocycles.